The number of phenolic OH excluding ortho intramolecular Hbond substituents is 1. The van der Waals surface area contributed by atoms with Crippen LogP contribution in [0.4, 0.5) is 17.1 Å². The highest BCUT2D eigenvalue weighted by Crippen LogP contribution is 2.32. The number of nitrogens with zero attached hydrogens (tertiary/aromatic N) is 1. The Morgan fingerprint density at radius 2 is 1.83 bits per heavy atom. The lowest BCUT2D eigenvalue weighted by Crippen LogP contribution is -2.03. The molecule has 0 spiro atoms. The van der Waals surface area contributed by atoms with Gasteiger partial charge in [-0.15, -0.1) is 0 Å². The molecule has 2 N–H and O–H groups in total. The number of aromatic hydroxyl groups is 1. The molecule has 0 radical (unpaired) electrons. The summed E-state index contributed by atoms with van der Waals surface area (Å²) in [5.41, 5.74) is 3.78. The highest BCUT2D eigenvalue weighted by molar-refractivity contribution is 6.48. The lowest BCUT2D eigenvalue weighted by Gasteiger charge is -2.12. The van der Waals surface area contributed by atoms with Gasteiger partial charge in [0, 0.05) is 17.8 Å². The molecule has 0 fully saturated rings. The monoisotopic (exact) mass is 338 g/mol. The van der Waals surface area contributed by atoms with Crippen LogP contribution in [-0.2, 0) is 4.79 Å². The predicted octanol–water partition coefficient (Wildman–Crippen LogP) is 4.78. The molecule has 0 saturated carbocycles. The fraction of sp³-hybridized carbons (Fsp3) is 0.0526. The summed E-state index contributed by atoms with van der Waals surface area (Å²) >= 11 is 6.08. The van der Waals surface area contributed by atoms with Crippen LogP contribution in [0.25, 0.3) is 0 Å². The Bertz CT molecular complexity index is 881. The molecule has 4 nitrogen and oxygen atoms in total. The molecule has 24 heavy (non-hydrogen) atoms. The van der Waals surface area contributed by atoms with E-state index < -0.39 is 0 Å². The Morgan fingerprint density at radius 3 is 2.54 bits per heavy atom. The number of carbonyl (C=O) groups is 1. The average Bonchev–Trinajstić information content (AvgIpc) is 2.54. The lowest BCUT2D eigenvalue weighted by atomic mass is 10.1. The van der Waals surface area contributed by atoms with E-state index >= 15 is 0 Å². The fourth-order valence-corrected chi connectivity index (χ4v) is 2.43. The van der Waals surface area contributed by atoms with Crippen molar-refractivity contribution in [2.24, 2.45) is 4.99 Å². The van der Waals surface area contributed by atoms with Crippen LogP contribution in [0.2, 0.25) is 0 Å². The molecule has 1 aliphatic carbocycles. The van der Waals surface area contributed by atoms with E-state index in [9.17, 15) is 9.90 Å². The van der Waals surface area contributed by atoms with Crippen molar-refractivity contribution in [3.8, 4) is 5.75 Å². The minimum Gasteiger partial charge on any atom is -0.508 e. The first kappa shape index (κ1) is 16.0. The van der Waals surface area contributed by atoms with Crippen LogP contribution in [0.3, 0.4) is 0 Å². The maximum Gasteiger partial charge on any atom is 0.180 e. The standard InChI is InChI=1S/C19H15ClN2O2/c1-12-2-4-13(5-3-12)21-19-11-15(24)7-9-18(19)22-17-8-6-14(23)10-16(17)20/h2-11,21,24H,1H3. The second kappa shape index (κ2) is 6.72. The summed E-state index contributed by atoms with van der Waals surface area (Å²) in [5.74, 6) is -0.0350. The molecule has 2 aromatic rings. The van der Waals surface area contributed by atoms with Gasteiger partial charge in [-0.2, -0.15) is 0 Å². The van der Waals surface area contributed by atoms with Crippen molar-refractivity contribution < 1.29 is 9.90 Å². The topological polar surface area (TPSA) is 61.7 Å². The second-order valence-electron chi connectivity index (χ2n) is 5.42. The highest BCUT2D eigenvalue weighted by Gasteiger charge is 2.11. The van der Waals surface area contributed by atoms with Gasteiger partial charge in [0.05, 0.1) is 22.1 Å². The van der Waals surface area contributed by atoms with Crippen molar-refractivity contribution in [3.05, 3.63) is 71.3 Å². The van der Waals surface area contributed by atoms with Gasteiger partial charge in [-0.1, -0.05) is 29.3 Å². The summed E-state index contributed by atoms with van der Waals surface area (Å²) in [6, 6.07) is 12.7. The summed E-state index contributed by atoms with van der Waals surface area (Å²) < 4.78 is 0. The second-order valence-corrected chi connectivity index (χ2v) is 5.82. The van der Waals surface area contributed by atoms with Crippen LogP contribution < -0.4 is 5.32 Å². The van der Waals surface area contributed by atoms with Gasteiger partial charge in [0.2, 0.25) is 0 Å². The summed E-state index contributed by atoms with van der Waals surface area (Å²) in [5, 5.41) is 13.3. The van der Waals surface area contributed by atoms with Gasteiger partial charge in [-0.3, -0.25) is 4.79 Å². The maximum absolute atomic E-state index is 11.3. The Hall–Kier alpha value is -2.85. The molecule has 0 aliphatic heterocycles. The smallest absolute Gasteiger partial charge is 0.180 e. The van der Waals surface area contributed by atoms with E-state index in [4.69, 9.17) is 11.6 Å². The number of aryl methyl sites for hydroxylation is 1. The summed E-state index contributed by atoms with van der Waals surface area (Å²) in [6.45, 7) is 2.01. The molecule has 0 saturated heterocycles. The van der Waals surface area contributed by atoms with E-state index in [0.29, 0.717) is 17.1 Å². The van der Waals surface area contributed by atoms with Gasteiger partial charge in [0.25, 0.3) is 0 Å². The van der Waals surface area contributed by atoms with Crippen molar-refractivity contribution in [2.75, 3.05) is 5.32 Å². The van der Waals surface area contributed by atoms with E-state index in [-0.39, 0.29) is 16.6 Å². The normalized spacial score (nSPS) is 15.5. The Labute approximate surface area is 144 Å². The van der Waals surface area contributed by atoms with E-state index in [0.717, 1.165) is 11.3 Å². The van der Waals surface area contributed by atoms with E-state index in [2.05, 4.69) is 10.3 Å². The first-order valence-electron chi connectivity index (χ1n) is 7.36. The van der Waals surface area contributed by atoms with Crippen molar-refractivity contribution in [1.29, 1.82) is 0 Å². The van der Waals surface area contributed by atoms with Crippen LogP contribution in [0.15, 0.2) is 70.7 Å². The number of hydrogen-bond donors (Lipinski definition) is 2. The predicted molar refractivity (Wildman–Crippen MR) is 97.7 cm³/mol. The zero-order valence-corrected chi connectivity index (χ0v) is 13.7. The largest absolute Gasteiger partial charge is 0.508 e. The lowest BCUT2D eigenvalue weighted by molar-refractivity contribution is -0.110. The van der Waals surface area contributed by atoms with Crippen LogP contribution in [0.1, 0.15) is 5.56 Å². The zero-order valence-electron chi connectivity index (χ0n) is 13.0. The van der Waals surface area contributed by atoms with Crippen LogP contribution in [0, 0.1) is 6.92 Å². The molecule has 0 bridgehead atoms. The van der Waals surface area contributed by atoms with Gasteiger partial charge in [0.15, 0.2) is 5.78 Å². The third kappa shape index (κ3) is 3.73. The SMILES string of the molecule is Cc1ccc(Nc2cc(O)ccc2N=C2C=CC(=O)C=C2Cl)cc1. The number of anilines is 2. The van der Waals surface area contributed by atoms with Gasteiger partial charge < -0.3 is 10.4 Å². The van der Waals surface area contributed by atoms with Crippen molar-refractivity contribution in [3.63, 3.8) is 0 Å². The Balaban J connectivity index is 1.97. The Morgan fingerprint density at radius 1 is 1.08 bits per heavy atom. The number of allylic oxidation sites excluding steroid dienone is 4. The van der Waals surface area contributed by atoms with E-state index in [1.165, 1.54) is 12.2 Å². The van der Waals surface area contributed by atoms with Gasteiger partial charge >= 0.3 is 0 Å². The molecule has 3 rings (SSSR count). The summed E-state index contributed by atoms with van der Waals surface area (Å²) in [7, 11) is 0. The van der Waals surface area contributed by atoms with Gasteiger partial charge in [-0.25, -0.2) is 4.99 Å². The third-order valence-corrected chi connectivity index (χ3v) is 3.77. The van der Waals surface area contributed by atoms with E-state index in [1.807, 2.05) is 31.2 Å². The van der Waals surface area contributed by atoms with Crippen LogP contribution in [-0.4, -0.2) is 16.6 Å². The van der Waals surface area contributed by atoms with Crippen molar-refractivity contribution in [2.45, 2.75) is 6.92 Å². The highest BCUT2D eigenvalue weighted by atomic mass is 35.5. The minimum atomic E-state index is -0.164. The molecule has 0 aromatic heterocycles. The molecular formula is C19H15ClN2O2. The molecule has 0 unspecified atom stereocenters. The first-order chi connectivity index (χ1) is 11.5. The third-order valence-electron chi connectivity index (χ3n) is 3.47. The van der Waals surface area contributed by atoms with Crippen LogP contribution in [0.5, 0.6) is 5.75 Å². The molecule has 0 atom stereocenters. The zero-order chi connectivity index (χ0) is 17.1. The number of halogens is 1. The number of hydrogen-bond acceptors (Lipinski definition) is 4. The first-order valence-corrected chi connectivity index (χ1v) is 7.74. The average molecular weight is 339 g/mol. The molecular weight excluding hydrogens is 324 g/mol. The van der Waals surface area contributed by atoms with Gasteiger partial charge in [-0.05, 0) is 43.3 Å². The number of rotatable bonds is 3. The van der Waals surface area contributed by atoms with Crippen molar-refractivity contribution >= 4 is 40.2 Å². The van der Waals surface area contributed by atoms with Crippen molar-refractivity contribution in [1.82, 2.24) is 0 Å². The molecule has 1 aliphatic rings. The minimum absolute atomic E-state index is 0.129. The summed E-state index contributed by atoms with van der Waals surface area (Å²) in [6.07, 6.45) is 4.32. The Kier molecular flexibility index (Phi) is 4.49. The van der Waals surface area contributed by atoms with E-state index in [1.54, 1.807) is 24.3 Å². The number of aliphatic imine (C=N–C) groups is 1. The maximum atomic E-state index is 11.3. The van der Waals surface area contributed by atoms with Gasteiger partial charge in [0.1, 0.15) is 5.75 Å². The quantitative estimate of drug-likeness (QED) is 0.792. The number of ketones is 1. The summed E-state index contributed by atoms with van der Waals surface area (Å²) in [4.78, 5) is 15.8. The fourth-order valence-electron chi connectivity index (χ4n) is 2.22. The molecule has 5 heteroatoms. The molecule has 2 aromatic carbocycles. The number of benzene rings is 2. The molecule has 0 heterocycles. The number of nitrogens with one attached hydrogen (secondary N) is 1. The molecule has 120 valence electrons. The van der Waals surface area contributed by atoms with Crippen LogP contribution >= 0.6 is 11.6 Å². The number of carbonyl (C=O) groups excluding carboxylic acids is 1. The number of phenols is 1. The molecule has 0 amide bonds.